The summed E-state index contributed by atoms with van der Waals surface area (Å²) < 4.78 is 0. The smallest absolute Gasteiger partial charge is 0 e. The molecule has 0 spiro atoms. The van der Waals surface area contributed by atoms with Crippen LogP contribution in [0, 0.1) is 13.8 Å². The summed E-state index contributed by atoms with van der Waals surface area (Å²) in [5, 5.41) is 0. The molecule has 0 unspecified atom stereocenters. The quantitative estimate of drug-likeness (QED) is 0.621. The Morgan fingerprint density at radius 1 is 1.20 bits per heavy atom. The third-order valence-corrected chi connectivity index (χ3v) is 1.41. The van der Waals surface area contributed by atoms with Crippen LogP contribution in [0.1, 0.15) is 11.1 Å². The van der Waals surface area contributed by atoms with Crippen LogP contribution in [0.3, 0.4) is 0 Å². The minimum absolute atomic E-state index is 0. The molecule has 1 aromatic carbocycles. The summed E-state index contributed by atoms with van der Waals surface area (Å²) in [4.78, 5) is 0. The van der Waals surface area contributed by atoms with Gasteiger partial charge in [0.2, 0.25) is 0 Å². The maximum Gasteiger partial charge on any atom is 0 e. The molecule has 0 atom stereocenters. The summed E-state index contributed by atoms with van der Waals surface area (Å²) in [5.74, 6) is 0. The zero-order valence-electron chi connectivity index (χ0n) is 6.30. The second-order valence-corrected chi connectivity index (χ2v) is 2.24. The second kappa shape index (κ2) is 5.04. The van der Waals surface area contributed by atoms with E-state index in [0.29, 0.717) is 0 Å². The first-order valence-corrected chi connectivity index (χ1v) is 3.17. The zero-order valence-corrected chi connectivity index (χ0v) is 9.14. The zero-order chi connectivity index (χ0) is 6.69. The van der Waals surface area contributed by atoms with E-state index in [0.717, 1.165) is 6.42 Å². The van der Waals surface area contributed by atoms with Gasteiger partial charge < -0.3 is 6.92 Å². The van der Waals surface area contributed by atoms with Gasteiger partial charge in [0.15, 0.2) is 0 Å². The van der Waals surface area contributed by atoms with E-state index < -0.39 is 0 Å². The fraction of sp³-hybridized carbons (Fsp3) is 0.222. The molecule has 0 aliphatic rings. The predicted molar refractivity (Wildman–Crippen MR) is 40.2 cm³/mol. The van der Waals surface area contributed by atoms with Crippen molar-refractivity contribution in [2.75, 3.05) is 0 Å². The Morgan fingerprint density at radius 2 is 1.70 bits per heavy atom. The van der Waals surface area contributed by atoms with Crippen LogP contribution < -0.4 is 0 Å². The number of hydrogen-bond acceptors (Lipinski definition) is 0. The molecule has 0 N–H and O–H groups in total. The molecule has 0 nitrogen and oxygen atoms in total. The summed E-state index contributed by atoms with van der Waals surface area (Å²) in [6.45, 7) is 5.88. The van der Waals surface area contributed by atoms with Crippen LogP contribution >= 0.6 is 0 Å². The van der Waals surface area contributed by atoms with Crippen molar-refractivity contribution < 1.29 is 32.7 Å². The molecule has 0 fully saturated rings. The van der Waals surface area contributed by atoms with Gasteiger partial charge >= 0.3 is 0 Å². The average molecular weight is 208 g/mol. The van der Waals surface area contributed by atoms with Gasteiger partial charge in [-0.25, -0.2) is 0 Å². The van der Waals surface area contributed by atoms with Crippen LogP contribution in [-0.2, 0) is 39.1 Å². The Labute approximate surface area is 87.9 Å². The van der Waals surface area contributed by atoms with E-state index in [1.807, 2.05) is 0 Å². The fourth-order valence-corrected chi connectivity index (χ4v) is 0.755. The SMILES string of the molecule is [CH2-]Cc1ccc(C)cc1.[Y]. The number of rotatable bonds is 1. The molecule has 0 saturated heterocycles. The monoisotopic (exact) mass is 208 g/mol. The van der Waals surface area contributed by atoms with Crippen molar-refractivity contribution in [1.82, 2.24) is 0 Å². The molecule has 0 saturated carbocycles. The van der Waals surface area contributed by atoms with Gasteiger partial charge in [0, 0.05) is 32.7 Å². The van der Waals surface area contributed by atoms with Gasteiger partial charge in [-0.3, -0.25) is 0 Å². The molecule has 1 rings (SSSR count). The van der Waals surface area contributed by atoms with Crippen molar-refractivity contribution in [1.29, 1.82) is 0 Å². The van der Waals surface area contributed by atoms with E-state index >= 15 is 0 Å². The van der Waals surface area contributed by atoms with Gasteiger partial charge in [0.1, 0.15) is 0 Å². The van der Waals surface area contributed by atoms with Crippen molar-refractivity contribution in [3.63, 3.8) is 0 Å². The summed E-state index contributed by atoms with van der Waals surface area (Å²) in [6, 6.07) is 8.45. The van der Waals surface area contributed by atoms with Crippen molar-refractivity contribution in [3.05, 3.63) is 42.3 Å². The first-order chi connectivity index (χ1) is 4.33. The van der Waals surface area contributed by atoms with Gasteiger partial charge in [0.05, 0.1) is 0 Å². The van der Waals surface area contributed by atoms with E-state index in [-0.39, 0.29) is 32.7 Å². The van der Waals surface area contributed by atoms with E-state index in [2.05, 4.69) is 38.1 Å². The predicted octanol–water partition coefficient (Wildman–Crippen LogP) is 2.37. The summed E-state index contributed by atoms with van der Waals surface area (Å²) in [6.07, 6.45) is 0.889. The molecule has 0 heterocycles. The third kappa shape index (κ3) is 2.94. The van der Waals surface area contributed by atoms with E-state index in [1.165, 1.54) is 11.1 Å². The van der Waals surface area contributed by atoms with Crippen LogP contribution in [-0.4, -0.2) is 0 Å². The normalized spacial score (nSPS) is 8.60. The summed E-state index contributed by atoms with van der Waals surface area (Å²) >= 11 is 0. The number of aryl methyl sites for hydroxylation is 1. The fourth-order valence-electron chi connectivity index (χ4n) is 0.755. The summed E-state index contributed by atoms with van der Waals surface area (Å²) in [5.41, 5.74) is 2.62. The molecular formula is C9H11Y-. The maximum absolute atomic E-state index is 3.79. The van der Waals surface area contributed by atoms with Crippen molar-refractivity contribution >= 4 is 0 Å². The van der Waals surface area contributed by atoms with Crippen LogP contribution in [0.4, 0.5) is 0 Å². The van der Waals surface area contributed by atoms with Crippen molar-refractivity contribution in [3.8, 4) is 0 Å². The molecule has 0 aliphatic carbocycles. The van der Waals surface area contributed by atoms with Gasteiger partial charge in [-0.15, -0.1) is 0 Å². The van der Waals surface area contributed by atoms with Crippen molar-refractivity contribution in [2.24, 2.45) is 0 Å². The minimum atomic E-state index is 0. The Bertz CT molecular complexity index is 176. The molecule has 51 valence electrons. The van der Waals surface area contributed by atoms with E-state index in [9.17, 15) is 0 Å². The first-order valence-electron chi connectivity index (χ1n) is 3.17. The largest absolute Gasteiger partial charge is 0.339 e. The molecular weight excluding hydrogens is 197 g/mol. The average Bonchev–Trinajstić information content (AvgIpc) is 1.90. The van der Waals surface area contributed by atoms with E-state index in [1.54, 1.807) is 0 Å². The van der Waals surface area contributed by atoms with Gasteiger partial charge in [-0.1, -0.05) is 35.4 Å². The topological polar surface area (TPSA) is 0 Å². The van der Waals surface area contributed by atoms with E-state index in [4.69, 9.17) is 0 Å². The van der Waals surface area contributed by atoms with Crippen molar-refractivity contribution in [2.45, 2.75) is 13.3 Å². The Balaban J connectivity index is 0.000000810. The molecule has 1 radical (unpaired) electrons. The van der Waals surface area contributed by atoms with Crippen LogP contribution in [0.25, 0.3) is 0 Å². The van der Waals surface area contributed by atoms with Gasteiger partial charge in [-0.2, -0.15) is 6.42 Å². The van der Waals surface area contributed by atoms with Gasteiger partial charge in [-0.05, 0) is 6.92 Å². The first kappa shape index (κ1) is 10.3. The Hall–Kier alpha value is 0.324. The molecule has 1 aromatic rings. The summed E-state index contributed by atoms with van der Waals surface area (Å²) in [7, 11) is 0. The minimum Gasteiger partial charge on any atom is -0.339 e. The molecule has 0 bridgehead atoms. The third-order valence-electron chi connectivity index (χ3n) is 1.41. The molecule has 10 heavy (non-hydrogen) atoms. The molecule has 0 aromatic heterocycles. The van der Waals surface area contributed by atoms with Crippen LogP contribution in [0.2, 0.25) is 0 Å². The number of hydrogen-bond donors (Lipinski definition) is 0. The van der Waals surface area contributed by atoms with Crippen LogP contribution in [0.15, 0.2) is 24.3 Å². The molecule has 1 heteroatoms. The number of benzene rings is 1. The molecule has 0 amide bonds. The molecule has 0 aliphatic heterocycles. The second-order valence-electron chi connectivity index (χ2n) is 2.24. The Kier molecular flexibility index (Phi) is 5.20. The standard InChI is InChI=1S/C9H11.Y/c1-3-9-6-4-8(2)5-7-9;/h4-7H,1,3H2,2H3;/q-1;. The maximum atomic E-state index is 3.79. The van der Waals surface area contributed by atoms with Crippen LogP contribution in [0.5, 0.6) is 0 Å². The Morgan fingerprint density at radius 3 is 2.10 bits per heavy atom. The van der Waals surface area contributed by atoms with Gasteiger partial charge in [0.25, 0.3) is 0 Å².